The van der Waals surface area contributed by atoms with Crippen LogP contribution in [0.25, 0.3) is 0 Å². The molecular weight excluding hydrogens is 427 g/mol. The van der Waals surface area contributed by atoms with Gasteiger partial charge in [-0.05, 0) is 49.8 Å². The van der Waals surface area contributed by atoms with E-state index in [0.717, 1.165) is 44.6 Å². The topological polar surface area (TPSA) is 48.9 Å². The molecule has 0 aromatic heterocycles. The number of anilines is 1. The summed E-state index contributed by atoms with van der Waals surface area (Å²) in [4.78, 5) is 6.78. The number of ether oxygens (including phenoxy) is 1. The van der Waals surface area contributed by atoms with Gasteiger partial charge in [-0.25, -0.2) is 4.99 Å². The Balaban J connectivity index is 0.00000312. The molecule has 1 saturated carbocycles. The summed E-state index contributed by atoms with van der Waals surface area (Å²) in [7, 11) is 4.11. The molecule has 0 heterocycles. The first-order valence-corrected chi connectivity index (χ1v) is 9.05. The molecular formula is C19H33IN4O. The minimum Gasteiger partial charge on any atom is -0.381 e. The molecule has 5 nitrogen and oxygen atoms in total. The van der Waals surface area contributed by atoms with Gasteiger partial charge in [-0.1, -0.05) is 12.1 Å². The maximum absolute atomic E-state index is 5.66. The lowest BCUT2D eigenvalue weighted by molar-refractivity contribution is 0.123. The number of hydrogen-bond acceptors (Lipinski definition) is 3. The van der Waals surface area contributed by atoms with Crippen LogP contribution in [-0.2, 0) is 11.3 Å². The molecule has 142 valence electrons. The second-order valence-corrected chi connectivity index (χ2v) is 6.56. The largest absolute Gasteiger partial charge is 0.381 e. The fourth-order valence-electron chi connectivity index (χ4n) is 2.36. The van der Waals surface area contributed by atoms with Crippen molar-refractivity contribution in [2.75, 3.05) is 45.3 Å². The molecule has 0 saturated heterocycles. The van der Waals surface area contributed by atoms with Gasteiger partial charge in [0.15, 0.2) is 5.96 Å². The van der Waals surface area contributed by atoms with Gasteiger partial charge in [-0.3, -0.25) is 0 Å². The molecule has 0 spiro atoms. The standard InChI is InChI=1S/C19H32N4O.HI/c1-4-20-19(21-11-6-12-24-15-16-9-10-16)22-14-17-7-5-8-18(13-17)23(2)3;/h5,7-8,13,16H,4,6,9-12,14-15H2,1-3H3,(H2,20,21,22);1H. The summed E-state index contributed by atoms with van der Waals surface area (Å²) in [6, 6.07) is 8.49. The van der Waals surface area contributed by atoms with E-state index in [-0.39, 0.29) is 24.0 Å². The van der Waals surface area contributed by atoms with Crippen molar-refractivity contribution in [2.45, 2.75) is 32.7 Å². The molecule has 1 aliphatic rings. The monoisotopic (exact) mass is 460 g/mol. The summed E-state index contributed by atoms with van der Waals surface area (Å²) >= 11 is 0. The Hall–Kier alpha value is -1.02. The number of benzene rings is 1. The van der Waals surface area contributed by atoms with Crippen LogP contribution >= 0.6 is 24.0 Å². The van der Waals surface area contributed by atoms with E-state index in [0.29, 0.717) is 6.54 Å². The van der Waals surface area contributed by atoms with Gasteiger partial charge in [0, 0.05) is 46.1 Å². The first kappa shape index (κ1) is 22.0. The number of halogens is 1. The first-order valence-electron chi connectivity index (χ1n) is 9.05. The highest BCUT2D eigenvalue weighted by Gasteiger charge is 2.20. The molecule has 0 amide bonds. The predicted octanol–water partition coefficient (Wildman–Crippen LogP) is 3.24. The van der Waals surface area contributed by atoms with Gasteiger partial charge in [0.1, 0.15) is 0 Å². The van der Waals surface area contributed by atoms with E-state index in [1.54, 1.807) is 0 Å². The number of hydrogen-bond donors (Lipinski definition) is 2. The smallest absolute Gasteiger partial charge is 0.191 e. The Bertz CT molecular complexity index is 518. The van der Waals surface area contributed by atoms with Gasteiger partial charge in [0.2, 0.25) is 0 Å². The Kier molecular flexibility index (Phi) is 10.9. The second-order valence-electron chi connectivity index (χ2n) is 6.56. The molecule has 0 aliphatic heterocycles. The van der Waals surface area contributed by atoms with Crippen LogP contribution in [0, 0.1) is 5.92 Å². The average Bonchev–Trinajstić information content (AvgIpc) is 3.40. The van der Waals surface area contributed by atoms with Gasteiger partial charge >= 0.3 is 0 Å². The average molecular weight is 460 g/mol. The molecule has 0 atom stereocenters. The van der Waals surface area contributed by atoms with Crippen molar-refractivity contribution >= 4 is 35.6 Å². The third kappa shape index (κ3) is 9.30. The van der Waals surface area contributed by atoms with E-state index in [2.05, 4.69) is 65.8 Å². The van der Waals surface area contributed by atoms with Gasteiger partial charge in [-0.2, -0.15) is 0 Å². The lowest BCUT2D eigenvalue weighted by atomic mass is 10.2. The van der Waals surface area contributed by atoms with E-state index in [4.69, 9.17) is 4.74 Å². The predicted molar refractivity (Wildman–Crippen MR) is 117 cm³/mol. The summed E-state index contributed by atoms with van der Waals surface area (Å²) in [5.74, 6) is 1.71. The number of rotatable bonds is 10. The molecule has 0 radical (unpaired) electrons. The highest BCUT2D eigenvalue weighted by atomic mass is 127. The Morgan fingerprint density at radius 1 is 1.28 bits per heavy atom. The normalized spacial score (nSPS) is 14.0. The van der Waals surface area contributed by atoms with Crippen LogP contribution in [0.1, 0.15) is 31.7 Å². The first-order chi connectivity index (χ1) is 11.7. The zero-order valence-corrected chi connectivity index (χ0v) is 18.1. The van der Waals surface area contributed by atoms with E-state index in [1.807, 2.05) is 0 Å². The van der Waals surface area contributed by atoms with Gasteiger partial charge in [-0.15, -0.1) is 24.0 Å². The summed E-state index contributed by atoms with van der Waals surface area (Å²) in [5.41, 5.74) is 2.42. The van der Waals surface area contributed by atoms with Crippen LogP contribution in [0.15, 0.2) is 29.3 Å². The van der Waals surface area contributed by atoms with Crippen molar-refractivity contribution in [2.24, 2.45) is 10.9 Å². The van der Waals surface area contributed by atoms with Crippen LogP contribution < -0.4 is 15.5 Å². The third-order valence-electron chi connectivity index (χ3n) is 4.00. The van der Waals surface area contributed by atoms with Gasteiger partial charge < -0.3 is 20.3 Å². The third-order valence-corrected chi connectivity index (χ3v) is 4.00. The minimum absolute atomic E-state index is 0. The van der Waals surface area contributed by atoms with Crippen molar-refractivity contribution in [1.82, 2.24) is 10.6 Å². The summed E-state index contributed by atoms with van der Waals surface area (Å²) in [5, 5.41) is 6.68. The molecule has 2 N–H and O–H groups in total. The molecule has 1 aromatic rings. The molecule has 2 rings (SSSR count). The summed E-state index contributed by atoms with van der Waals surface area (Å²) in [6.45, 7) is 6.28. The minimum atomic E-state index is 0. The van der Waals surface area contributed by atoms with Crippen LogP contribution in [0.2, 0.25) is 0 Å². The lowest BCUT2D eigenvalue weighted by Crippen LogP contribution is -2.38. The fraction of sp³-hybridized carbons (Fsp3) is 0.632. The number of guanidine groups is 1. The van der Waals surface area contributed by atoms with Crippen LogP contribution in [-0.4, -0.2) is 46.4 Å². The molecule has 1 aliphatic carbocycles. The van der Waals surface area contributed by atoms with Crippen LogP contribution in [0.4, 0.5) is 5.69 Å². The van der Waals surface area contributed by atoms with Crippen LogP contribution in [0.3, 0.4) is 0 Å². The molecule has 1 aromatic carbocycles. The van der Waals surface area contributed by atoms with E-state index in [1.165, 1.54) is 24.1 Å². The van der Waals surface area contributed by atoms with E-state index < -0.39 is 0 Å². The lowest BCUT2D eigenvalue weighted by Gasteiger charge is -2.14. The Morgan fingerprint density at radius 3 is 2.76 bits per heavy atom. The maximum Gasteiger partial charge on any atom is 0.191 e. The van der Waals surface area contributed by atoms with Crippen molar-refractivity contribution in [1.29, 1.82) is 0 Å². The van der Waals surface area contributed by atoms with Crippen molar-refractivity contribution in [3.05, 3.63) is 29.8 Å². The van der Waals surface area contributed by atoms with Crippen molar-refractivity contribution < 1.29 is 4.74 Å². The second kappa shape index (κ2) is 12.4. The quantitative estimate of drug-likeness (QED) is 0.244. The van der Waals surface area contributed by atoms with Gasteiger partial charge in [0.25, 0.3) is 0 Å². The Labute approximate surface area is 169 Å². The molecule has 0 bridgehead atoms. The van der Waals surface area contributed by atoms with E-state index >= 15 is 0 Å². The number of nitrogens with one attached hydrogen (secondary N) is 2. The van der Waals surface area contributed by atoms with E-state index in [9.17, 15) is 0 Å². The molecule has 6 heteroatoms. The zero-order valence-electron chi connectivity index (χ0n) is 15.8. The zero-order chi connectivity index (χ0) is 17.2. The van der Waals surface area contributed by atoms with Gasteiger partial charge in [0.05, 0.1) is 6.54 Å². The van der Waals surface area contributed by atoms with Crippen LogP contribution in [0.5, 0.6) is 0 Å². The van der Waals surface area contributed by atoms with Crippen molar-refractivity contribution in [3.8, 4) is 0 Å². The Morgan fingerprint density at radius 2 is 2.08 bits per heavy atom. The summed E-state index contributed by atoms with van der Waals surface area (Å²) < 4.78 is 5.66. The SMILES string of the molecule is CCNC(=NCc1cccc(N(C)C)c1)NCCCOCC1CC1.I. The summed E-state index contributed by atoms with van der Waals surface area (Å²) in [6.07, 6.45) is 3.71. The number of aliphatic imine (C=N–C) groups is 1. The number of nitrogens with zero attached hydrogens (tertiary/aromatic N) is 2. The highest BCUT2D eigenvalue weighted by molar-refractivity contribution is 14.0. The molecule has 1 fully saturated rings. The highest BCUT2D eigenvalue weighted by Crippen LogP contribution is 2.28. The molecule has 25 heavy (non-hydrogen) atoms. The maximum atomic E-state index is 5.66. The molecule has 0 unspecified atom stereocenters. The van der Waals surface area contributed by atoms with Crippen molar-refractivity contribution in [3.63, 3.8) is 0 Å². The fourth-order valence-corrected chi connectivity index (χ4v) is 2.36.